The van der Waals surface area contributed by atoms with Crippen LogP contribution in [0.15, 0.2) is 51.4 Å². The van der Waals surface area contributed by atoms with Crippen molar-refractivity contribution in [1.82, 2.24) is 5.32 Å². The summed E-state index contributed by atoms with van der Waals surface area (Å²) in [5.74, 6) is -0.0906. The fraction of sp³-hybridized carbons (Fsp3) is 0.133. The van der Waals surface area contributed by atoms with Crippen molar-refractivity contribution in [2.45, 2.75) is 6.42 Å². The quantitative estimate of drug-likeness (QED) is 0.758. The molecule has 0 radical (unpaired) electrons. The smallest absolute Gasteiger partial charge is 0.252 e. The van der Waals surface area contributed by atoms with Crippen molar-refractivity contribution in [3.63, 3.8) is 0 Å². The van der Waals surface area contributed by atoms with Crippen LogP contribution in [0.5, 0.6) is 0 Å². The lowest BCUT2D eigenvalue weighted by Gasteiger charge is -2.07. The molecule has 0 aromatic heterocycles. The third-order valence-corrected chi connectivity index (χ3v) is 4.22. The fourth-order valence-corrected chi connectivity index (χ4v) is 2.65. The third-order valence-electron chi connectivity index (χ3n) is 2.79. The normalized spacial score (nSPS) is 10.3. The lowest BCUT2D eigenvalue weighted by atomic mass is 10.1. The lowest BCUT2D eigenvalue weighted by molar-refractivity contribution is 0.0953. The topological polar surface area (TPSA) is 29.1 Å². The first-order valence-corrected chi connectivity index (χ1v) is 8.00. The van der Waals surface area contributed by atoms with Gasteiger partial charge in [-0.15, -0.1) is 0 Å². The van der Waals surface area contributed by atoms with Crippen molar-refractivity contribution in [1.29, 1.82) is 0 Å². The monoisotopic (exact) mass is 415 g/mol. The average molecular weight is 418 g/mol. The predicted molar refractivity (Wildman–Crippen MR) is 89.3 cm³/mol. The first-order valence-electron chi connectivity index (χ1n) is 6.04. The molecule has 2 aromatic rings. The minimum absolute atomic E-state index is 0.0906. The molecule has 0 aliphatic heterocycles. The molecule has 1 N–H and O–H groups in total. The van der Waals surface area contributed by atoms with Crippen LogP contribution in [0.1, 0.15) is 15.9 Å². The lowest BCUT2D eigenvalue weighted by Crippen LogP contribution is -2.26. The molecule has 0 aliphatic carbocycles. The number of benzene rings is 2. The number of amides is 1. The number of carbonyl (C=O) groups is 1. The second-order valence-corrected chi connectivity index (χ2v) is 6.46. The van der Waals surface area contributed by atoms with Gasteiger partial charge in [0.05, 0.1) is 5.56 Å². The molecular weight excluding hydrogens is 405 g/mol. The predicted octanol–water partition coefficient (Wildman–Crippen LogP) is 4.84. The summed E-state index contributed by atoms with van der Waals surface area (Å²) < 4.78 is 1.66. The molecule has 0 fully saturated rings. The Morgan fingerprint density at radius 1 is 1.10 bits per heavy atom. The maximum atomic E-state index is 12.1. The largest absolute Gasteiger partial charge is 0.352 e. The Labute approximate surface area is 139 Å². The van der Waals surface area contributed by atoms with Gasteiger partial charge in [0, 0.05) is 20.5 Å². The van der Waals surface area contributed by atoms with Crippen molar-refractivity contribution in [3.05, 3.63) is 67.6 Å². The average Bonchev–Trinajstić information content (AvgIpc) is 2.43. The van der Waals surface area contributed by atoms with Gasteiger partial charge in [0.15, 0.2) is 0 Å². The second kappa shape index (κ2) is 7.25. The SMILES string of the molecule is O=C(NCCc1ccc(Cl)cc1)c1cc(Br)ccc1Br. The van der Waals surface area contributed by atoms with Gasteiger partial charge < -0.3 is 5.32 Å². The minimum atomic E-state index is -0.0906. The highest BCUT2D eigenvalue weighted by atomic mass is 79.9. The van der Waals surface area contributed by atoms with E-state index in [1.807, 2.05) is 36.4 Å². The molecule has 2 rings (SSSR count). The van der Waals surface area contributed by atoms with Crippen molar-refractivity contribution in [2.24, 2.45) is 0 Å². The van der Waals surface area contributed by atoms with Crippen molar-refractivity contribution < 1.29 is 4.79 Å². The Balaban J connectivity index is 1.92. The summed E-state index contributed by atoms with van der Waals surface area (Å²) in [5.41, 5.74) is 1.76. The maximum Gasteiger partial charge on any atom is 0.252 e. The van der Waals surface area contributed by atoms with Gasteiger partial charge in [-0.2, -0.15) is 0 Å². The van der Waals surface area contributed by atoms with Crippen molar-refractivity contribution in [3.8, 4) is 0 Å². The highest BCUT2D eigenvalue weighted by Crippen LogP contribution is 2.21. The van der Waals surface area contributed by atoms with Crippen molar-refractivity contribution in [2.75, 3.05) is 6.54 Å². The molecule has 20 heavy (non-hydrogen) atoms. The number of rotatable bonds is 4. The first kappa shape index (κ1) is 15.5. The van der Waals surface area contributed by atoms with E-state index in [0.29, 0.717) is 12.1 Å². The highest BCUT2D eigenvalue weighted by Gasteiger charge is 2.09. The van der Waals surface area contributed by atoms with Gasteiger partial charge in [0.2, 0.25) is 0 Å². The summed E-state index contributed by atoms with van der Waals surface area (Å²) >= 11 is 12.6. The molecule has 0 heterocycles. The van der Waals surface area contributed by atoms with E-state index in [1.54, 1.807) is 6.07 Å². The molecular formula is C15H12Br2ClNO. The van der Waals surface area contributed by atoms with E-state index in [9.17, 15) is 4.79 Å². The Kier molecular flexibility index (Phi) is 5.64. The molecule has 0 saturated heterocycles. The van der Waals surface area contributed by atoms with E-state index >= 15 is 0 Å². The molecule has 2 nitrogen and oxygen atoms in total. The third kappa shape index (κ3) is 4.33. The van der Waals surface area contributed by atoms with E-state index in [2.05, 4.69) is 37.2 Å². The van der Waals surface area contributed by atoms with Gasteiger partial charge in [0.1, 0.15) is 0 Å². The Hall–Kier alpha value is -0.840. The maximum absolute atomic E-state index is 12.1. The number of carbonyl (C=O) groups excluding carboxylic acids is 1. The zero-order valence-electron chi connectivity index (χ0n) is 10.5. The fourth-order valence-electron chi connectivity index (χ4n) is 1.74. The Bertz CT molecular complexity index is 614. The first-order chi connectivity index (χ1) is 9.56. The zero-order chi connectivity index (χ0) is 14.5. The summed E-state index contributed by atoms with van der Waals surface area (Å²) in [6.07, 6.45) is 0.772. The van der Waals surface area contributed by atoms with Gasteiger partial charge in [-0.25, -0.2) is 0 Å². The number of hydrogen-bond donors (Lipinski definition) is 1. The number of halogens is 3. The van der Waals surface area contributed by atoms with Gasteiger partial charge in [-0.3, -0.25) is 4.79 Å². The molecule has 5 heteroatoms. The molecule has 0 unspecified atom stereocenters. The van der Waals surface area contributed by atoms with E-state index in [4.69, 9.17) is 11.6 Å². The van der Waals surface area contributed by atoms with E-state index in [-0.39, 0.29) is 5.91 Å². The summed E-state index contributed by atoms with van der Waals surface area (Å²) in [6, 6.07) is 13.1. The van der Waals surface area contributed by atoms with E-state index in [1.165, 1.54) is 0 Å². The Morgan fingerprint density at radius 3 is 2.50 bits per heavy atom. The van der Waals surface area contributed by atoms with Crippen LogP contribution >= 0.6 is 43.5 Å². The van der Waals surface area contributed by atoms with Gasteiger partial charge in [0.25, 0.3) is 5.91 Å². The summed E-state index contributed by atoms with van der Waals surface area (Å²) in [7, 11) is 0. The molecule has 0 saturated carbocycles. The molecule has 0 bridgehead atoms. The van der Waals surface area contributed by atoms with Crippen LogP contribution in [0.25, 0.3) is 0 Å². The van der Waals surface area contributed by atoms with Crippen LogP contribution in [-0.2, 0) is 6.42 Å². The highest BCUT2D eigenvalue weighted by molar-refractivity contribution is 9.11. The Morgan fingerprint density at radius 2 is 1.80 bits per heavy atom. The van der Waals surface area contributed by atoms with E-state index in [0.717, 1.165) is 26.0 Å². The van der Waals surface area contributed by atoms with Gasteiger partial charge in [-0.1, -0.05) is 39.7 Å². The van der Waals surface area contributed by atoms with Gasteiger partial charge in [-0.05, 0) is 58.2 Å². The molecule has 1 amide bonds. The minimum Gasteiger partial charge on any atom is -0.352 e. The summed E-state index contributed by atoms with van der Waals surface area (Å²) in [4.78, 5) is 12.1. The van der Waals surface area contributed by atoms with Crippen LogP contribution in [-0.4, -0.2) is 12.5 Å². The second-order valence-electron chi connectivity index (χ2n) is 4.26. The molecule has 0 spiro atoms. The van der Waals surface area contributed by atoms with Crippen LogP contribution in [0.2, 0.25) is 5.02 Å². The molecule has 0 aliphatic rings. The summed E-state index contributed by atoms with van der Waals surface area (Å²) in [6.45, 7) is 0.583. The molecule has 0 atom stereocenters. The summed E-state index contributed by atoms with van der Waals surface area (Å²) in [5, 5.41) is 3.63. The van der Waals surface area contributed by atoms with Crippen molar-refractivity contribution >= 4 is 49.4 Å². The van der Waals surface area contributed by atoms with Gasteiger partial charge >= 0.3 is 0 Å². The number of hydrogen-bond acceptors (Lipinski definition) is 1. The van der Waals surface area contributed by atoms with Crippen LogP contribution in [0, 0.1) is 0 Å². The van der Waals surface area contributed by atoms with Crippen LogP contribution in [0.4, 0.5) is 0 Å². The molecule has 104 valence electrons. The van der Waals surface area contributed by atoms with Crippen LogP contribution in [0.3, 0.4) is 0 Å². The standard InChI is InChI=1S/C15H12Br2ClNO/c16-11-3-6-14(17)13(9-11)15(20)19-8-7-10-1-4-12(18)5-2-10/h1-6,9H,7-8H2,(H,19,20). The zero-order valence-corrected chi connectivity index (χ0v) is 14.4. The molecule has 2 aromatic carbocycles. The van der Waals surface area contributed by atoms with E-state index < -0.39 is 0 Å². The number of nitrogens with one attached hydrogen (secondary N) is 1. The van der Waals surface area contributed by atoms with Crippen LogP contribution < -0.4 is 5.32 Å².